The molecule has 1 N–H and O–H groups in total. The highest BCUT2D eigenvalue weighted by Crippen LogP contribution is 2.13. The number of amides is 1. The molecule has 0 aliphatic rings. The number of anilines is 1. The van der Waals surface area contributed by atoms with E-state index in [2.05, 4.69) is 5.32 Å². The van der Waals surface area contributed by atoms with E-state index in [1.165, 1.54) is 0 Å². The molecule has 1 aromatic rings. The lowest BCUT2D eigenvalue weighted by atomic mass is 10.3. The van der Waals surface area contributed by atoms with Gasteiger partial charge in [-0.1, -0.05) is 11.6 Å². The summed E-state index contributed by atoms with van der Waals surface area (Å²) < 4.78 is 4.92. The molecule has 3 nitrogen and oxygen atoms in total. The summed E-state index contributed by atoms with van der Waals surface area (Å²) in [5.41, 5.74) is 0.631. The molecule has 0 saturated carbocycles. The molecule has 1 aromatic carbocycles. The van der Waals surface area contributed by atoms with E-state index in [9.17, 15) is 4.79 Å². The SMILES string of the molecule is CC(CCl)OC(=O)Nc1ccc(Cl)cc1. The zero-order valence-electron chi connectivity index (χ0n) is 8.17. The minimum atomic E-state index is -0.523. The number of nitrogens with one attached hydrogen (secondary N) is 1. The highest BCUT2D eigenvalue weighted by atomic mass is 35.5. The Morgan fingerprint density at radius 1 is 1.47 bits per heavy atom. The molecule has 0 aliphatic carbocycles. The average Bonchev–Trinajstić information content (AvgIpc) is 2.21. The highest BCUT2D eigenvalue weighted by Gasteiger charge is 2.07. The Balaban J connectivity index is 2.48. The number of benzene rings is 1. The monoisotopic (exact) mass is 247 g/mol. The standard InChI is InChI=1S/C10H11Cl2NO2/c1-7(6-11)15-10(14)13-9-4-2-8(12)3-5-9/h2-5,7H,6H2,1H3,(H,13,14). The number of carbonyl (C=O) groups is 1. The van der Waals surface area contributed by atoms with Crippen LogP contribution in [0.5, 0.6) is 0 Å². The van der Waals surface area contributed by atoms with E-state index < -0.39 is 6.09 Å². The third-order valence-corrected chi connectivity index (χ3v) is 2.30. The van der Waals surface area contributed by atoms with Gasteiger partial charge in [0.05, 0.1) is 5.88 Å². The van der Waals surface area contributed by atoms with Gasteiger partial charge in [0.1, 0.15) is 6.10 Å². The van der Waals surface area contributed by atoms with Gasteiger partial charge >= 0.3 is 6.09 Å². The Hall–Kier alpha value is -0.930. The van der Waals surface area contributed by atoms with E-state index in [0.717, 1.165) is 0 Å². The van der Waals surface area contributed by atoms with Gasteiger partial charge in [0.2, 0.25) is 0 Å². The van der Waals surface area contributed by atoms with Crippen molar-refractivity contribution >= 4 is 35.0 Å². The zero-order chi connectivity index (χ0) is 11.3. The molecule has 0 aliphatic heterocycles. The predicted molar refractivity (Wildman–Crippen MR) is 61.7 cm³/mol. The van der Waals surface area contributed by atoms with Crippen LogP contribution in [-0.2, 0) is 4.74 Å². The number of hydrogen-bond donors (Lipinski definition) is 1. The third-order valence-electron chi connectivity index (χ3n) is 1.62. The average molecular weight is 248 g/mol. The first-order valence-corrected chi connectivity index (χ1v) is 5.32. The molecule has 82 valence electrons. The van der Waals surface area contributed by atoms with Crippen molar-refractivity contribution in [3.05, 3.63) is 29.3 Å². The molecule has 0 spiro atoms. The summed E-state index contributed by atoms with van der Waals surface area (Å²) in [4.78, 5) is 11.2. The molecule has 1 unspecified atom stereocenters. The highest BCUT2D eigenvalue weighted by molar-refractivity contribution is 6.30. The van der Waals surface area contributed by atoms with Crippen molar-refractivity contribution < 1.29 is 9.53 Å². The topological polar surface area (TPSA) is 38.3 Å². The van der Waals surface area contributed by atoms with Crippen LogP contribution in [0, 0.1) is 0 Å². The van der Waals surface area contributed by atoms with Gasteiger partial charge in [-0.15, -0.1) is 11.6 Å². The summed E-state index contributed by atoms with van der Waals surface area (Å²) in [7, 11) is 0. The lowest BCUT2D eigenvalue weighted by Crippen LogP contribution is -2.21. The molecule has 1 amide bonds. The van der Waals surface area contributed by atoms with E-state index in [1.54, 1.807) is 31.2 Å². The number of rotatable bonds is 3. The van der Waals surface area contributed by atoms with Gasteiger partial charge < -0.3 is 4.74 Å². The van der Waals surface area contributed by atoms with Crippen molar-refractivity contribution in [3.8, 4) is 0 Å². The lowest BCUT2D eigenvalue weighted by Gasteiger charge is -2.10. The normalized spacial score (nSPS) is 11.9. The maximum Gasteiger partial charge on any atom is 0.411 e. The van der Waals surface area contributed by atoms with Crippen LogP contribution in [-0.4, -0.2) is 18.1 Å². The Morgan fingerprint density at radius 2 is 2.07 bits per heavy atom. The van der Waals surface area contributed by atoms with Crippen molar-refractivity contribution in [2.45, 2.75) is 13.0 Å². The minimum absolute atomic E-state index is 0.272. The second-order valence-electron chi connectivity index (χ2n) is 3.00. The second kappa shape index (κ2) is 5.83. The number of ether oxygens (including phenoxy) is 1. The third kappa shape index (κ3) is 4.40. The molecule has 15 heavy (non-hydrogen) atoms. The molecular formula is C10H11Cl2NO2. The fourth-order valence-corrected chi connectivity index (χ4v) is 1.08. The molecule has 0 heterocycles. The van der Waals surface area contributed by atoms with Crippen LogP contribution in [0.1, 0.15) is 6.92 Å². The van der Waals surface area contributed by atoms with Crippen LogP contribution in [0.25, 0.3) is 0 Å². The van der Waals surface area contributed by atoms with E-state index in [4.69, 9.17) is 27.9 Å². The van der Waals surface area contributed by atoms with Crippen molar-refractivity contribution in [2.75, 3.05) is 11.2 Å². The van der Waals surface area contributed by atoms with Gasteiger partial charge in [-0.2, -0.15) is 0 Å². The molecule has 0 bridgehead atoms. The molecular weight excluding hydrogens is 237 g/mol. The Kier molecular flexibility index (Phi) is 4.72. The first-order valence-electron chi connectivity index (χ1n) is 4.41. The number of hydrogen-bond acceptors (Lipinski definition) is 2. The summed E-state index contributed by atoms with van der Waals surface area (Å²) >= 11 is 11.2. The molecule has 1 rings (SSSR count). The summed E-state index contributed by atoms with van der Waals surface area (Å²) in [6, 6.07) is 6.74. The van der Waals surface area contributed by atoms with E-state index >= 15 is 0 Å². The molecule has 0 fully saturated rings. The van der Waals surface area contributed by atoms with Crippen molar-refractivity contribution in [3.63, 3.8) is 0 Å². The van der Waals surface area contributed by atoms with Gasteiger partial charge in [0.25, 0.3) is 0 Å². The molecule has 0 aromatic heterocycles. The van der Waals surface area contributed by atoms with Crippen molar-refractivity contribution in [1.29, 1.82) is 0 Å². The first-order chi connectivity index (χ1) is 7.11. The first kappa shape index (κ1) is 12.1. The quantitative estimate of drug-likeness (QED) is 0.831. The van der Waals surface area contributed by atoms with Crippen LogP contribution in [0.4, 0.5) is 10.5 Å². The Labute approximate surface area is 98.3 Å². The second-order valence-corrected chi connectivity index (χ2v) is 3.75. The maximum atomic E-state index is 11.2. The van der Waals surface area contributed by atoms with Crippen LogP contribution >= 0.6 is 23.2 Å². The Morgan fingerprint density at radius 3 is 2.60 bits per heavy atom. The van der Waals surface area contributed by atoms with Crippen molar-refractivity contribution in [2.24, 2.45) is 0 Å². The summed E-state index contributed by atoms with van der Waals surface area (Å²) in [5.74, 6) is 0.272. The smallest absolute Gasteiger partial charge is 0.411 e. The van der Waals surface area contributed by atoms with Gasteiger partial charge in [-0.3, -0.25) is 5.32 Å². The zero-order valence-corrected chi connectivity index (χ0v) is 9.68. The van der Waals surface area contributed by atoms with Crippen LogP contribution in [0.2, 0.25) is 5.02 Å². The molecule has 0 radical (unpaired) electrons. The fourth-order valence-electron chi connectivity index (χ4n) is 0.895. The number of carbonyl (C=O) groups excluding carboxylic acids is 1. The van der Waals surface area contributed by atoms with Gasteiger partial charge in [-0.05, 0) is 31.2 Å². The predicted octanol–water partition coefficient (Wildman–Crippen LogP) is 3.52. The molecule has 5 heteroatoms. The molecule has 1 atom stereocenters. The van der Waals surface area contributed by atoms with Gasteiger partial charge in [0.15, 0.2) is 0 Å². The summed E-state index contributed by atoms with van der Waals surface area (Å²) in [5, 5.41) is 3.17. The summed E-state index contributed by atoms with van der Waals surface area (Å²) in [6.45, 7) is 1.72. The van der Waals surface area contributed by atoms with Crippen molar-refractivity contribution in [1.82, 2.24) is 0 Å². The largest absolute Gasteiger partial charge is 0.445 e. The van der Waals surface area contributed by atoms with E-state index in [0.29, 0.717) is 10.7 Å². The lowest BCUT2D eigenvalue weighted by molar-refractivity contribution is 0.131. The maximum absolute atomic E-state index is 11.2. The van der Waals surface area contributed by atoms with Crippen LogP contribution in [0.15, 0.2) is 24.3 Å². The minimum Gasteiger partial charge on any atom is -0.445 e. The molecule has 0 saturated heterocycles. The van der Waals surface area contributed by atoms with Gasteiger partial charge in [-0.25, -0.2) is 4.79 Å². The van der Waals surface area contributed by atoms with E-state index in [1.807, 2.05) is 0 Å². The van der Waals surface area contributed by atoms with Crippen LogP contribution < -0.4 is 5.32 Å². The van der Waals surface area contributed by atoms with Gasteiger partial charge in [0, 0.05) is 10.7 Å². The van der Waals surface area contributed by atoms with Crippen LogP contribution in [0.3, 0.4) is 0 Å². The fraction of sp³-hybridized carbons (Fsp3) is 0.300. The number of halogens is 2. The summed E-state index contributed by atoms with van der Waals surface area (Å²) in [6.07, 6.45) is -0.829. The Bertz CT molecular complexity index is 327. The number of alkyl halides is 1. The van der Waals surface area contributed by atoms with E-state index in [-0.39, 0.29) is 12.0 Å².